The van der Waals surface area contributed by atoms with Crippen molar-refractivity contribution >= 4 is 24.0 Å². The smallest absolute Gasteiger partial charge is 0.257 e. The molecule has 3 aromatic rings. The third kappa shape index (κ3) is 5.95. The standard InChI is InChI=1S/C23H30N12O3/c24-29-16-34(25)21-2-1-20(14-26-21)38-15-18-13-30-35(31-18)19-3-5-33(6-4-19)23-27-11-17(12-28-23)22(36)32-7-9-37-10-8-32/h1-2,11-14,16,19H,3-10,15,24-25H2/b29-16-. The SMILES string of the molecule is N/N=C\N(N)c1ccc(OCc2cnn(C3CCN(c4ncc(C(=O)N5CCOCC5)cn4)CC3)n2)cn1. The van der Waals surface area contributed by atoms with Gasteiger partial charge in [-0.25, -0.2) is 25.8 Å². The van der Waals surface area contributed by atoms with Crippen molar-refractivity contribution in [1.82, 2.24) is 34.8 Å². The van der Waals surface area contributed by atoms with Crippen LogP contribution < -0.4 is 26.3 Å². The molecule has 0 aliphatic carbocycles. The summed E-state index contributed by atoms with van der Waals surface area (Å²) in [5.41, 5.74) is 1.21. The molecular formula is C23H30N12O3. The van der Waals surface area contributed by atoms with Gasteiger partial charge in [0.2, 0.25) is 5.95 Å². The van der Waals surface area contributed by atoms with E-state index in [1.807, 2.05) is 0 Å². The summed E-state index contributed by atoms with van der Waals surface area (Å²) in [6.45, 7) is 4.09. The Balaban J connectivity index is 1.10. The van der Waals surface area contributed by atoms with Crippen molar-refractivity contribution < 1.29 is 14.3 Å². The van der Waals surface area contributed by atoms with Crippen LogP contribution in [-0.2, 0) is 11.3 Å². The van der Waals surface area contributed by atoms with Crippen molar-refractivity contribution in [2.24, 2.45) is 16.8 Å². The van der Waals surface area contributed by atoms with Gasteiger partial charge in [-0.2, -0.15) is 20.1 Å². The lowest BCUT2D eigenvalue weighted by Crippen LogP contribution is -2.41. The second-order valence-electron chi connectivity index (χ2n) is 8.86. The number of hydrogen-bond acceptors (Lipinski definition) is 12. The highest BCUT2D eigenvalue weighted by atomic mass is 16.5. The van der Waals surface area contributed by atoms with E-state index in [1.54, 1.807) is 46.6 Å². The topological polar surface area (TPSA) is 179 Å². The molecule has 200 valence electrons. The van der Waals surface area contributed by atoms with Crippen molar-refractivity contribution in [2.45, 2.75) is 25.5 Å². The summed E-state index contributed by atoms with van der Waals surface area (Å²) in [6.07, 6.45) is 9.44. The fourth-order valence-corrected chi connectivity index (χ4v) is 4.29. The van der Waals surface area contributed by atoms with E-state index in [2.05, 4.69) is 35.2 Å². The first-order valence-corrected chi connectivity index (χ1v) is 12.3. The second-order valence-corrected chi connectivity index (χ2v) is 8.86. The van der Waals surface area contributed by atoms with E-state index in [1.165, 1.54) is 11.3 Å². The molecule has 0 radical (unpaired) electrons. The Morgan fingerprint density at radius 1 is 1.11 bits per heavy atom. The Morgan fingerprint density at radius 3 is 2.55 bits per heavy atom. The number of hydrazine groups is 1. The normalized spacial score (nSPS) is 16.7. The molecule has 0 unspecified atom stereocenters. The summed E-state index contributed by atoms with van der Waals surface area (Å²) in [6, 6.07) is 3.61. The van der Waals surface area contributed by atoms with Crippen LogP contribution in [0.2, 0.25) is 0 Å². The van der Waals surface area contributed by atoms with E-state index < -0.39 is 0 Å². The van der Waals surface area contributed by atoms with Gasteiger partial charge in [0.05, 0.1) is 37.2 Å². The molecule has 0 spiro atoms. The van der Waals surface area contributed by atoms with Gasteiger partial charge in [0, 0.05) is 38.6 Å². The number of carbonyl (C=O) groups excluding carboxylic acids is 1. The number of pyridine rings is 1. The van der Waals surface area contributed by atoms with Gasteiger partial charge in [0.25, 0.3) is 5.91 Å². The van der Waals surface area contributed by atoms with Crippen molar-refractivity contribution in [3.8, 4) is 5.75 Å². The first-order valence-electron chi connectivity index (χ1n) is 12.3. The maximum Gasteiger partial charge on any atom is 0.257 e. The number of morpholine rings is 1. The summed E-state index contributed by atoms with van der Waals surface area (Å²) < 4.78 is 11.1. The number of hydrogen-bond donors (Lipinski definition) is 2. The monoisotopic (exact) mass is 522 g/mol. The summed E-state index contributed by atoms with van der Waals surface area (Å²) in [4.78, 5) is 31.4. The maximum absolute atomic E-state index is 12.6. The number of aromatic nitrogens is 6. The number of nitrogens with zero attached hydrogens (tertiary/aromatic N) is 10. The predicted molar refractivity (Wildman–Crippen MR) is 137 cm³/mol. The number of rotatable bonds is 8. The first kappa shape index (κ1) is 25.3. The molecule has 15 heteroatoms. The van der Waals surface area contributed by atoms with Gasteiger partial charge in [-0.15, -0.1) is 0 Å². The van der Waals surface area contributed by atoms with Crippen LogP contribution in [0.25, 0.3) is 0 Å². The molecule has 1 amide bonds. The first-order chi connectivity index (χ1) is 18.6. The van der Waals surface area contributed by atoms with Gasteiger partial charge in [0.15, 0.2) is 0 Å². The Labute approximate surface area is 219 Å². The van der Waals surface area contributed by atoms with Gasteiger partial charge >= 0.3 is 0 Å². The Morgan fingerprint density at radius 2 is 1.87 bits per heavy atom. The molecule has 0 aromatic carbocycles. The van der Waals surface area contributed by atoms with E-state index in [9.17, 15) is 4.79 Å². The molecule has 3 aromatic heterocycles. The van der Waals surface area contributed by atoms with Gasteiger partial charge in [-0.3, -0.25) is 4.79 Å². The molecule has 38 heavy (non-hydrogen) atoms. The summed E-state index contributed by atoms with van der Waals surface area (Å²) in [5, 5.41) is 13.6. The van der Waals surface area contributed by atoms with E-state index in [0.29, 0.717) is 49.4 Å². The minimum absolute atomic E-state index is 0.0592. The fraction of sp³-hybridized carbons (Fsp3) is 0.435. The van der Waals surface area contributed by atoms with E-state index in [0.717, 1.165) is 31.6 Å². The number of nitrogens with two attached hydrogens (primary N) is 2. The average molecular weight is 523 g/mol. The second kappa shape index (κ2) is 11.8. The van der Waals surface area contributed by atoms with Gasteiger partial charge in [0.1, 0.15) is 30.2 Å². The molecule has 0 atom stereocenters. The molecule has 5 heterocycles. The van der Waals surface area contributed by atoms with Crippen LogP contribution in [0.3, 0.4) is 0 Å². The predicted octanol–water partition coefficient (Wildman–Crippen LogP) is -0.0619. The number of hydrazone groups is 1. The van der Waals surface area contributed by atoms with Crippen molar-refractivity contribution in [2.75, 3.05) is 49.3 Å². The number of ether oxygens (including phenoxy) is 2. The third-order valence-electron chi connectivity index (χ3n) is 6.38. The molecule has 4 N–H and O–H groups in total. The van der Waals surface area contributed by atoms with Crippen LogP contribution in [0.1, 0.15) is 34.9 Å². The zero-order valence-electron chi connectivity index (χ0n) is 20.8. The zero-order valence-corrected chi connectivity index (χ0v) is 20.8. The van der Waals surface area contributed by atoms with Gasteiger partial charge < -0.3 is 25.1 Å². The number of amides is 1. The summed E-state index contributed by atoms with van der Waals surface area (Å²) in [7, 11) is 0. The van der Waals surface area contributed by atoms with E-state index >= 15 is 0 Å². The highest BCUT2D eigenvalue weighted by Gasteiger charge is 2.25. The molecule has 2 fully saturated rings. The third-order valence-corrected chi connectivity index (χ3v) is 6.38. The van der Waals surface area contributed by atoms with Crippen LogP contribution in [0.4, 0.5) is 11.8 Å². The van der Waals surface area contributed by atoms with Crippen LogP contribution in [-0.4, -0.2) is 86.5 Å². The van der Waals surface area contributed by atoms with Crippen molar-refractivity contribution in [3.05, 3.63) is 48.2 Å². The molecule has 2 aliphatic rings. The number of carbonyl (C=O) groups is 1. The largest absolute Gasteiger partial charge is 0.486 e. The molecular weight excluding hydrogens is 492 g/mol. The van der Waals surface area contributed by atoms with Gasteiger partial charge in [-0.05, 0) is 25.0 Å². The summed E-state index contributed by atoms with van der Waals surface area (Å²) in [5.74, 6) is 12.4. The lowest BCUT2D eigenvalue weighted by Gasteiger charge is -2.31. The maximum atomic E-state index is 12.6. The van der Waals surface area contributed by atoms with E-state index in [-0.39, 0.29) is 18.6 Å². The molecule has 15 nitrogen and oxygen atoms in total. The van der Waals surface area contributed by atoms with Crippen LogP contribution in [0.5, 0.6) is 5.75 Å². The lowest BCUT2D eigenvalue weighted by molar-refractivity contribution is 0.0302. The lowest BCUT2D eigenvalue weighted by atomic mass is 10.1. The van der Waals surface area contributed by atoms with Crippen molar-refractivity contribution in [1.29, 1.82) is 0 Å². The number of piperidine rings is 1. The molecule has 2 saturated heterocycles. The Kier molecular flexibility index (Phi) is 7.84. The minimum Gasteiger partial charge on any atom is -0.486 e. The molecule has 0 bridgehead atoms. The quantitative estimate of drug-likeness (QED) is 0.174. The Bertz CT molecular complexity index is 1220. The van der Waals surface area contributed by atoms with Crippen molar-refractivity contribution in [3.63, 3.8) is 0 Å². The number of anilines is 2. The average Bonchev–Trinajstić information content (AvgIpc) is 3.46. The van der Waals surface area contributed by atoms with Crippen LogP contribution >= 0.6 is 0 Å². The fourth-order valence-electron chi connectivity index (χ4n) is 4.29. The highest BCUT2D eigenvalue weighted by molar-refractivity contribution is 5.93. The zero-order chi connectivity index (χ0) is 26.3. The van der Waals surface area contributed by atoms with Crippen LogP contribution in [0.15, 0.2) is 42.0 Å². The highest BCUT2D eigenvalue weighted by Crippen LogP contribution is 2.24. The van der Waals surface area contributed by atoms with E-state index in [4.69, 9.17) is 21.2 Å². The molecule has 2 aliphatic heterocycles. The molecule has 5 rings (SSSR count). The summed E-state index contributed by atoms with van der Waals surface area (Å²) >= 11 is 0. The van der Waals surface area contributed by atoms with Crippen LogP contribution in [0, 0.1) is 0 Å². The molecule has 0 saturated carbocycles. The van der Waals surface area contributed by atoms with Gasteiger partial charge in [-0.1, -0.05) is 0 Å². The minimum atomic E-state index is -0.0592. The Hall–Kier alpha value is -4.37.